The van der Waals surface area contributed by atoms with Gasteiger partial charge < -0.3 is 9.80 Å². The molecule has 0 aromatic heterocycles. The van der Waals surface area contributed by atoms with Crippen LogP contribution >= 0.6 is 0 Å². The molecule has 1 aliphatic rings. The smallest absolute Gasteiger partial charge is 0.0630 e. The summed E-state index contributed by atoms with van der Waals surface area (Å²) in [6.45, 7) is 11.1. The Hall–Kier alpha value is -2.13. The second kappa shape index (κ2) is 7.40. The summed E-state index contributed by atoms with van der Waals surface area (Å²) < 4.78 is 0. The summed E-state index contributed by atoms with van der Waals surface area (Å²) in [6, 6.07) is 17.1. The highest BCUT2D eigenvalue weighted by Gasteiger charge is 2.16. The van der Waals surface area contributed by atoms with Gasteiger partial charge in [-0.05, 0) is 36.2 Å². The number of hydrogen-bond acceptors (Lipinski definition) is 3. The summed E-state index contributed by atoms with van der Waals surface area (Å²) in [5, 5.41) is 0. The molecular formula is C22H29N3. The van der Waals surface area contributed by atoms with Crippen LogP contribution in [0, 0.1) is 0 Å². The number of piperazine rings is 1. The lowest BCUT2D eigenvalue weighted by atomic mass is 9.87. The third-order valence-electron chi connectivity index (χ3n) is 4.87. The van der Waals surface area contributed by atoms with Crippen molar-refractivity contribution < 1.29 is 0 Å². The fourth-order valence-corrected chi connectivity index (χ4v) is 3.12. The van der Waals surface area contributed by atoms with E-state index in [-0.39, 0.29) is 5.41 Å². The second-order valence-corrected chi connectivity index (χ2v) is 7.90. The van der Waals surface area contributed by atoms with Crippen LogP contribution in [0.5, 0.6) is 0 Å². The van der Waals surface area contributed by atoms with Crippen LogP contribution in [0.2, 0.25) is 0 Å². The topological polar surface area (TPSA) is 18.8 Å². The summed E-state index contributed by atoms with van der Waals surface area (Å²) in [7, 11) is 2.19. The molecule has 1 heterocycles. The van der Waals surface area contributed by atoms with Crippen molar-refractivity contribution in [1.82, 2.24) is 4.90 Å². The van der Waals surface area contributed by atoms with Crippen molar-refractivity contribution in [1.29, 1.82) is 0 Å². The lowest BCUT2D eigenvalue weighted by molar-refractivity contribution is 0.313. The molecule has 0 amide bonds. The van der Waals surface area contributed by atoms with Crippen molar-refractivity contribution in [3.63, 3.8) is 0 Å². The maximum atomic E-state index is 4.71. The number of rotatable bonds is 3. The second-order valence-electron chi connectivity index (χ2n) is 7.90. The van der Waals surface area contributed by atoms with E-state index in [0.717, 1.165) is 31.9 Å². The molecule has 0 saturated carbocycles. The summed E-state index contributed by atoms with van der Waals surface area (Å²) >= 11 is 0. The van der Waals surface area contributed by atoms with Gasteiger partial charge in [0.05, 0.1) is 5.69 Å². The number of likely N-dealkylation sites (N-methyl/N-ethyl adjacent to an activating group) is 1. The summed E-state index contributed by atoms with van der Waals surface area (Å²) in [5.41, 5.74) is 4.99. The van der Waals surface area contributed by atoms with E-state index in [1.165, 1.54) is 16.8 Å². The monoisotopic (exact) mass is 335 g/mol. The van der Waals surface area contributed by atoms with Gasteiger partial charge in [0, 0.05) is 43.6 Å². The molecule has 0 spiro atoms. The van der Waals surface area contributed by atoms with Gasteiger partial charge in [-0.15, -0.1) is 0 Å². The molecule has 2 aromatic carbocycles. The van der Waals surface area contributed by atoms with Gasteiger partial charge in [0.1, 0.15) is 0 Å². The zero-order valence-corrected chi connectivity index (χ0v) is 15.9. The number of nitrogens with zero attached hydrogens (tertiary/aromatic N) is 3. The zero-order valence-electron chi connectivity index (χ0n) is 15.9. The van der Waals surface area contributed by atoms with E-state index in [1.54, 1.807) is 0 Å². The normalized spacial score (nSPS) is 16.6. The lowest BCUT2D eigenvalue weighted by Crippen LogP contribution is -2.44. The van der Waals surface area contributed by atoms with E-state index in [1.807, 2.05) is 6.21 Å². The molecule has 25 heavy (non-hydrogen) atoms. The minimum Gasteiger partial charge on any atom is -0.368 e. The van der Waals surface area contributed by atoms with E-state index in [2.05, 4.69) is 86.1 Å². The maximum Gasteiger partial charge on any atom is 0.0630 e. The van der Waals surface area contributed by atoms with Crippen molar-refractivity contribution in [3.05, 3.63) is 59.7 Å². The molecule has 3 heteroatoms. The van der Waals surface area contributed by atoms with Gasteiger partial charge in [0.15, 0.2) is 0 Å². The highest BCUT2D eigenvalue weighted by molar-refractivity contribution is 5.89. The first-order valence-corrected chi connectivity index (χ1v) is 9.10. The fraction of sp³-hybridized carbons (Fsp3) is 0.409. The van der Waals surface area contributed by atoms with Crippen molar-refractivity contribution in [2.75, 3.05) is 38.1 Å². The molecule has 0 atom stereocenters. The highest BCUT2D eigenvalue weighted by Crippen LogP contribution is 2.25. The predicted octanol–water partition coefficient (Wildman–Crippen LogP) is 4.49. The van der Waals surface area contributed by atoms with Gasteiger partial charge in [-0.25, -0.2) is 0 Å². The van der Waals surface area contributed by atoms with E-state index in [4.69, 9.17) is 4.99 Å². The SMILES string of the molecule is CN1CCN(c2ccccc2C=Nc2ccc(C(C)(C)C)cc2)CC1. The molecule has 1 aliphatic heterocycles. The Morgan fingerprint density at radius 2 is 1.52 bits per heavy atom. The third kappa shape index (κ3) is 4.49. The minimum atomic E-state index is 0.177. The Bertz CT molecular complexity index is 718. The average molecular weight is 335 g/mol. The van der Waals surface area contributed by atoms with Gasteiger partial charge in [0.25, 0.3) is 0 Å². The summed E-state index contributed by atoms with van der Waals surface area (Å²) in [6.07, 6.45) is 2.00. The van der Waals surface area contributed by atoms with Crippen LogP contribution in [-0.4, -0.2) is 44.3 Å². The molecular weight excluding hydrogens is 306 g/mol. The first kappa shape index (κ1) is 17.7. The Kier molecular flexibility index (Phi) is 5.24. The first-order valence-electron chi connectivity index (χ1n) is 9.10. The molecule has 3 nitrogen and oxygen atoms in total. The number of hydrogen-bond donors (Lipinski definition) is 0. The molecule has 3 rings (SSSR count). The Labute approximate surface area is 152 Å². The average Bonchev–Trinajstić information content (AvgIpc) is 2.61. The van der Waals surface area contributed by atoms with E-state index in [0.29, 0.717) is 0 Å². The van der Waals surface area contributed by atoms with Gasteiger partial charge in [-0.1, -0.05) is 51.1 Å². The van der Waals surface area contributed by atoms with Crippen molar-refractivity contribution >= 4 is 17.6 Å². The molecule has 132 valence electrons. The standard InChI is InChI=1S/C22H29N3/c1-22(2,3)19-9-11-20(12-10-19)23-17-18-7-5-6-8-21(18)25-15-13-24(4)14-16-25/h5-12,17H,13-16H2,1-4H3. The molecule has 1 fully saturated rings. The molecule has 0 unspecified atom stereocenters. The third-order valence-corrected chi connectivity index (χ3v) is 4.87. The molecule has 2 aromatic rings. The van der Waals surface area contributed by atoms with E-state index >= 15 is 0 Å². The molecule has 0 aliphatic carbocycles. The maximum absolute atomic E-state index is 4.71. The van der Waals surface area contributed by atoms with Crippen molar-refractivity contribution in [3.8, 4) is 0 Å². The molecule has 1 saturated heterocycles. The number of aliphatic imine (C=N–C) groups is 1. The Morgan fingerprint density at radius 3 is 2.16 bits per heavy atom. The van der Waals surface area contributed by atoms with Crippen molar-refractivity contribution in [2.24, 2.45) is 4.99 Å². The molecule has 0 bridgehead atoms. The Morgan fingerprint density at radius 1 is 0.880 bits per heavy atom. The minimum absolute atomic E-state index is 0.177. The van der Waals surface area contributed by atoms with Gasteiger partial charge in [0.2, 0.25) is 0 Å². The fourth-order valence-electron chi connectivity index (χ4n) is 3.12. The van der Waals surface area contributed by atoms with Gasteiger partial charge in [-0.3, -0.25) is 4.99 Å². The van der Waals surface area contributed by atoms with Crippen molar-refractivity contribution in [2.45, 2.75) is 26.2 Å². The zero-order chi connectivity index (χ0) is 17.9. The van der Waals surface area contributed by atoms with Crippen LogP contribution in [0.3, 0.4) is 0 Å². The van der Waals surface area contributed by atoms with Crippen LogP contribution in [0.15, 0.2) is 53.5 Å². The van der Waals surface area contributed by atoms with Crippen LogP contribution in [0.25, 0.3) is 0 Å². The summed E-state index contributed by atoms with van der Waals surface area (Å²) in [4.78, 5) is 9.55. The first-order chi connectivity index (χ1) is 11.9. The van der Waals surface area contributed by atoms with E-state index < -0.39 is 0 Å². The largest absolute Gasteiger partial charge is 0.368 e. The number of benzene rings is 2. The number of anilines is 1. The summed E-state index contributed by atoms with van der Waals surface area (Å²) in [5.74, 6) is 0. The Balaban J connectivity index is 1.78. The van der Waals surface area contributed by atoms with Crippen LogP contribution in [-0.2, 0) is 5.41 Å². The van der Waals surface area contributed by atoms with Crippen LogP contribution < -0.4 is 4.90 Å². The van der Waals surface area contributed by atoms with Gasteiger partial charge in [-0.2, -0.15) is 0 Å². The predicted molar refractivity (Wildman–Crippen MR) is 109 cm³/mol. The van der Waals surface area contributed by atoms with Gasteiger partial charge >= 0.3 is 0 Å². The molecule has 0 N–H and O–H groups in total. The quantitative estimate of drug-likeness (QED) is 0.770. The highest BCUT2D eigenvalue weighted by atomic mass is 15.2. The van der Waals surface area contributed by atoms with Crippen LogP contribution in [0.4, 0.5) is 11.4 Å². The van der Waals surface area contributed by atoms with E-state index in [9.17, 15) is 0 Å². The lowest BCUT2D eigenvalue weighted by Gasteiger charge is -2.34. The molecule has 0 radical (unpaired) electrons. The van der Waals surface area contributed by atoms with Crippen LogP contribution in [0.1, 0.15) is 31.9 Å². The number of para-hydroxylation sites is 1.